The number of aliphatic hydroxyl groups excluding tert-OH is 1. The smallest absolute Gasteiger partial charge is 0.0765 e. The fraction of sp³-hybridized carbons (Fsp3) is 0.550. The summed E-state index contributed by atoms with van der Waals surface area (Å²) in [6.07, 6.45) is 5.55. The van der Waals surface area contributed by atoms with Gasteiger partial charge in [0.15, 0.2) is 0 Å². The molecule has 0 aliphatic carbocycles. The Kier molecular flexibility index (Phi) is 5.69. The Hall–Kier alpha value is -1.65. The molecule has 0 unspecified atom stereocenters. The van der Waals surface area contributed by atoms with E-state index in [-0.39, 0.29) is 5.41 Å². The number of nitrogens with zero attached hydrogens (tertiary/aromatic N) is 2. The first-order valence-electron chi connectivity index (χ1n) is 9.07. The molecule has 4 nitrogen and oxygen atoms in total. The molecule has 3 rings (SSSR count). The normalized spacial score (nSPS) is 17.9. The molecule has 0 atom stereocenters. The highest BCUT2D eigenvalue weighted by atomic mass is 16.3. The number of hydrogen-bond acceptors (Lipinski definition) is 3. The maximum Gasteiger partial charge on any atom is 0.0765 e. The van der Waals surface area contributed by atoms with Crippen LogP contribution in [0.4, 0.5) is 0 Å². The van der Waals surface area contributed by atoms with Crippen molar-refractivity contribution in [3.05, 3.63) is 53.3 Å². The van der Waals surface area contributed by atoms with E-state index in [1.165, 1.54) is 5.56 Å². The first-order valence-corrected chi connectivity index (χ1v) is 9.07. The lowest BCUT2D eigenvalue weighted by molar-refractivity contribution is 0.0326. The number of H-pyrrole nitrogens is 1. The number of aliphatic hydroxyl groups is 1. The van der Waals surface area contributed by atoms with Gasteiger partial charge in [0, 0.05) is 18.8 Å². The number of aromatic nitrogens is 2. The molecule has 0 saturated carbocycles. The van der Waals surface area contributed by atoms with Crippen LogP contribution in [0, 0.1) is 12.3 Å². The topological polar surface area (TPSA) is 52.1 Å². The summed E-state index contributed by atoms with van der Waals surface area (Å²) in [5, 5.41) is 17.3. The Bertz CT molecular complexity index is 615. The SMILES string of the molecule is Cc1cc(CN2CCC(CO)(CCCc3ccccc3)CC2)n[nH]1. The highest BCUT2D eigenvalue weighted by Gasteiger charge is 2.33. The van der Waals surface area contributed by atoms with Crippen molar-refractivity contribution in [2.24, 2.45) is 5.41 Å². The lowest BCUT2D eigenvalue weighted by Gasteiger charge is -2.40. The molecule has 1 saturated heterocycles. The monoisotopic (exact) mass is 327 g/mol. The summed E-state index contributed by atoms with van der Waals surface area (Å²) in [6, 6.07) is 12.8. The van der Waals surface area contributed by atoms with Crippen molar-refractivity contribution in [3.8, 4) is 0 Å². The number of aromatic amines is 1. The molecule has 0 amide bonds. The van der Waals surface area contributed by atoms with Crippen LogP contribution in [0.25, 0.3) is 0 Å². The molecule has 1 aromatic carbocycles. The van der Waals surface area contributed by atoms with E-state index in [4.69, 9.17) is 0 Å². The van der Waals surface area contributed by atoms with Gasteiger partial charge in [-0.05, 0) is 69.2 Å². The number of hydrogen-bond donors (Lipinski definition) is 2. The molecule has 2 aromatic rings. The zero-order valence-corrected chi connectivity index (χ0v) is 14.7. The quantitative estimate of drug-likeness (QED) is 0.820. The molecular formula is C20H29N3O. The van der Waals surface area contributed by atoms with Gasteiger partial charge in [0.05, 0.1) is 5.69 Å². The van der Waals surface area contributed by atoms with Crippen LogP contribution >= 0.6 is 0 Å². The van der Waals surface area contributed by atoms with Crippen LogP contribution < -0.4 is 0 Å². The number of aryl methyl sites for hydroxylation is 2. The van der Waals surface area contributed by atoms with E-state index < -0.39 is 0 Å². The average Bonchev–Trinajstić information content (AvgIpc) is 3.02. The Morgan fingerprint density at radius 1 is 1.21 bits per heavy atom. The first-order chi connectivity index (χ1) is 11.7. The standard InChI is InChI=1S/C20H29N3O/c1-17-14-19(22-21-17)15-23-12-10-20(16-24,11-13-23)9-5-8-18-6-3-2-4-7-18/h2-4,6-7,14,24H,5,8-13,15-16H2,1H3,(H,21,22). The zero-order chi connectivity index (χ0) is 16.8. The van der Waals surface area contributed by atoms with E-state index >= 15 is 0 Å². The van der Waals surface area contributed by atoms with Crippen LogP contribution in [0.1, 0.15) is 42.6 Å². The third-order valence-electron chi connectivity index (χ3n) is 5.41. The Labute approximate surface area is 144 Å². The second kappa shape index (κ2) is 7.95. The van der Waals surface area contributed by atoms with Crippen molar-refractivity contribution in [1.82, 2.24) is 15.1 Å². The first kappa shape index (κ1) is 17.2. The van der Waals surface area contributed by atoms with Crippen molar-refractivity contribution in [2.75, 3.05) is 19.7 Å². The van der Waals surface area contributed by atoms with Gasteiger partial charge < -0.3 is 5.11 Å². The third kappa shape index (κ3) is 4.46. The molecule has 130 valence electrons. The summed E-state index contributed by atoms with van der Waals surface area (Å²) >= 11 is 0. The molecule has 0 radical (unpaired) electrons. The Morgan fingerprint density at radius 2 is 1.96 bits per heavy atom. The maximum atomic E-state index is 9.98. The molecule has 1 aliphatic heterocycles. The minimum absolute atomic E-state index is 0.118. The van der Waals surface area contributed by atoms with Gasteiger partial charge in [-0.25, -0.2) is 0 Å². The van der Waals surface area contributed by atoms with Gasteiger partial charge in [0.2, 0.25) is 0 Å². The highest BCUT2D eigenvalue weighted by Crippen LogP contribution is 2.36. The predicted octanol–water partition coefficient (Wildman–Crippen LogP) is 3.32. The van der Waals surface area contributed by atoms with Gasteiger partial charge >= 0.3 is 0 Å². The van der Waals surface area contributed by atoms with Crippen LogP contribution in [-0.2, 0) is 13.0 Å². The molecule has 2 N–H and O–H groups in total. The molecule has 1 aliphatic rings. The lowest BCUT2D eigenvalue weighted by Crippen LogP contribution is -2.41. The minimum Gasteiger partial charge on any atom is -0.396 e. The molecule has 24 heavy (non-hydrogen) atoms. The summed E-state index contributed by atoms with van der Waals surface area (Å²) in [6.45, 7) is 5.37. The Balaban J connectivity index is 1.46. The van der Waals surface area contributed by atoms with Crippen LogP contribution in [0.2, 0.25) is 0 Å². The van der Waals surface area contributed by atoms with E-state index in [1.54, 1.807) is 0 Å². The summed E-state index contributed by atoms with van der Waals surface area (Å²) in [4.78, 5) is 2.46. The minimum atomic E-state index is 0.118. The van der Waals surface area contributed by atoms with Crippen molar-refractivity contribution in [2.45, 2.75) is 45.6 Å². The van der Waals surface area contributed by atoms with Crippen molar-refractivity contribution >= 4 is 0 Å². The number of piperidine rings is 1. The molecule has 0 spiro atoms. The number of rotatable bonds is 7. The van der Waals surface area contributed by atoms with E-state index in [9.17, 15) is 5.11 Å². The van der Waals surface area contributed by atoms with Crippen LogP contribution in [0.5, 0.6) is 0 Å². The van der Waals surface area contributed by atoms with E-state index in [0.29, 0.717) is 6.61 Å². The third-order valence-corrected chi connectivity index (χ3v) is 5.41. The van der Waals surface area contributed by atoms with Crippen molar-refractivity contribution < 1.29 is 5.11 Å². The van der Waals surface area contributed by atoms with Crippen LogP contribution in [0.3, 0.4) is 0 Å². The predicted molar refractivity (Wildman–Crippen MR) is 96.7 cm³/mol. The van der Waals surface area contributed by atoms with Gasteiger partial charge in [0.1, 0.15) is 0 Å². The average molecular weight is 327 g/mol. The highest BCUT2D eigenvalue weighted by molar-refractivity contribution is 5.14. The molecular weight excluding hydrogens is 298 g/mol. The molecule has 1 aromatic heterocycles. The Morgan fingerprint density at radius 3 is 2.58 bits per heavy atom. The molecule has 1 fully saturated rings. The molecule has 2 heterocycles. The van der Waals surface area contributed by atoms with Gasteiger partial charge in [-0.2, -0.15) is 5.10 Å². The lowest BCUT2D eigenvalue weighted by atomic mass is 9.75. The van der Waals surface area contributed by atoms with Gasteiger partial charge in [0.25, 0.3) is 0 Å². The van der Waals surface area contributed by atoms with Gasteiger partial charge in [-0.15, -0.1) is 0 Å². The fourth-order valence-electron chi connectivity index (χ4n) is 3.77. The largest absolute Gasteiger partial charge is 0.396 e. The summed E-state index contributed by atoms with van der Waals surface area (Å²) in [5.41, 5.74) is 3.75. The van der Waals surface area contributed by atoms with Gasteiger partial charge in [-0.3, -0.25) is 10.00 Å². The van der Waals surface area contributed by atoms with E-state index in [1.807, 2.05) is 6.92 Å². The van der Waals surface area contributed by atoms with Crippen LogP contribution in [-0.4, -0.2) is 39.9 Å². The summed E-state index contributed by atoms with van der Waals surface area (Å²) < 4.78 is 0. The molecule has 0 bridgehead atoms. The summed E-state index contributed by atoms with van der Waals surface area (Å²) in [7, 11) is 0. The number of benzene rings is 1. The van der Waals surface area contributed by atoms with Crippen molar-refractivity contribution in [3.63, 3.8) is 0 Å². The van der Waals surface area contributed by atoms with E-state index in [0.717, 1.165) is 63.1 Å². The van der Waals surface area contributed by atoms with Gasteiger partial charge in [-0.1, -0.05) is 30.3 Å². The molecule has 4 heteroatoms. The second-order valence-corrected chi connectivity index (χ2v) is 7.32. The summed E-state index contributed by atoms with van der Waals surface area (Å²) in [5.74, 6) is 0. The number of likely N-dealkylation sites (tertiary alicyclic amines) is 1. The second-order valence-electron chi connectivity index (χ2n) is 7.32. The zero-order valence-electron chi connectivity index (χ0n) is 14.7. The van der Waals surface area contributed by atoms with Crippen LogP contribution in [0.15, 0.2) is 36.4 Å². The van der Waals surface area contributed by atoms with Crippen molar-refractivity contribution in [1.29, 1.82) is 0 Å². The van der Waals surface area contributed by atoms with E-state index in [2.05, 4.69) is 51.5 Å². The maximum absolute atomic E-state index is 9.98. The fourth-order valence-corrected chi connectivity index (χ4v) is 3.77. The number of nitrogens with one attached hydrogen (secondary N) is 1.